The fourth-order valence-electron chi connectivity index (χ4n) is 2.09. The number of rotatable bonds is 7. The summed E-state index contributed by atoms with van der Waals surface area (Å²) in [6, 6.07) is 10.4. The van der Waals surface area contributed by atoms with E-state index >= 15 is 0 Å². The Kier molecular flexibility index (Phi) is 5.51. The maximum atomic E-state index is 5.69. The van der Waals surface area contributed by atoms with E-state index in [9.17, 15) is 0 Å². The largest absolute Gasteiger partial charge is 0.425 e. The molecule has 0 amide bonds. The summed E-state index contributed by atoms with van der Waals surface area (Å²) in [5.74, 6) is 1.48. The van der Waals surface area contributed by atoms with E-state index in [4.69, 9.17) is 4.42 Å². The lowest BCUT2D eigenvalue weighted by atomic mass is 10.1. The minimum absolute atomic E-state index is 0.162. The van der Waals surface area contributed by atoms with E-state index in [-0.39, 0.29) is 5.54 Å². The van der Waals surface area contributed by atoms with E-state index in [0.29, 0.717) is 0 Å². The van der Waals surface area contributed by atoms with Gasteiger partial charge in [0.05, 0.1) is 0 Å². The van der Waals surface area contributed by atoms with Gasteiger partial charge in [0.2, 0.25) is 11.8 Å². The summed E-state index contributed by atoms with van der Waals surface area (Å²) >= 11 is 0. The molecule has 4 nitrogen and oxygen atoms in total. The third-order valence-electron chi connectivity index (χ3n) is 3.20. The molecule has 0 spiro atoms. The van der Waals surface area contributed by atoms with Crippen LogP contribution in [0.2, 0.25) is 0 Å². The first-order chi connectivity index (χ1) is 10.0. The van der Waals surface area contributed by atoms with Crippen LogP contribution in [0, 0.1) is 0 Å². The van der Waals surface area contributed by atoms with Gasteiger partial charge in [0.15, 0.2) is 0 Å². The Morgan fingerprint density at radius 1 is 0.952 bits per heavy atom. The molecule has 0 bridgehead atoms. The summed E-state index contributed by atoms with van der Waals surface area (Å²) in [7, 11) is 0. The Bertz CT molecular complexity index is 528. The molecule has 114 valence electrons. The van der Waals surface area contributed by atoms with Crippen molar-refractivity contribution < 1.29 is 4.42 Å². The first-order valence-electron chi connectivity index (χ1n) is 7.63. The van der Waals surface area contributed by atoms with Crippen LogP contribution < -0.4 is 5.32 Å². The van der Waals surface area contributed by atoms with E-state index in [1.807, 2.05) is 6.07 Å². The van der Waals surface area contributed by atoms with Crippen molar-refractivity contribution in [1.82, 2.24) is 15.5 Å². The number of benzene rings is 1. The molecule has 2 rings (SSSR count). The molecule has 0 atom stereocenters. The molecular formula is C17H25N3O. The van der Waals surface area contributed by atoms with Gasteiger partial charge in [0, 0.05) is 18.4 Å². The van der Waals surface area contributed by atoms with Crippen molar-refractivity contribution in [2.45, 2.75) is 52.0 Å². The van der Waals surface area contributed by atoms with Crippen molar-refractivity contribution in [2.24, 2.45) is 0 Å². The van der Waals surface area contributed by atoms with Crippen LogP contribution in [0.25, 0.3) is 0 Å². The van der Waals surface area contributed by atoms with E-state index in [1.165, 1.54) is 5.56 Å². The molecule has 0 fully saturated rings. The number of aryl methyl sites for hydroxylation is 3. The highest BCUT2D eigenvalue weighted by atomic mass is 16.4. The molecule has 0 saturated carbocycles. The fraction of sp³-hybridized carbons (Fsp3) is 0.529. The Morgan fingerprint density at radius 3 is 2.29 bits per heavy atom. The maximum Gasteiger partial charge on any atom is 0.216 e. The van der Waals surface area contributed by atoms with Crippen molar-refractivity contribution in [3.8, 4) is 0 Å². The van der Waals surface area contributed by atoms with Crippen LogP contribution in [0.3, 0.4) is 0 Å². The first kappa shape index (κ1) is 15.7. The van der Waals surface area contributed by atoms with Gasteiger partial charge < -0.3 is 9.73 Å². The van der Waals surface area contributed by atoms with Crippen molar-refractivity contribution in [2.75, 3.05) is 6.54 Å². The van der Waals surface area contributed by atoms with Crippen molar-refractivity contribution >= 4 is 0 Å². The predicted octanol–water partition coefficient (Wildman–Crippen LogP) is 3.18. The van der Waals surface area contributed by atoms with Gasteiger partial charge in [-0.15, -0.1) is 10.2 Å². The molecule has 4 heteroatoms. The van der Waals surface area contributed by atoms with Crippen molar-refractivity contribution in [1.29, 1.82) is 0 Å². The Labute approximate surface area is 127 Å². The summed E-state index contributed by atoms with van der Waals surface area (Å²) in [6.45, 7) is 7.47. The van der Waals surface area contributed by atoms with E-state index in [2.05, 4.69) is 60.6 Å². The van der Waals surface area contributed by atoms with Crippen LogP contribution in [0.1, 0.15) is 44.5 Å². The zero-order chi connectivity index (χ0) is 15.1. The number of nitrogens with zero attached hydrogens (tertiary/aromatic N) is 2. The van der Waals surface area contributed by atoms with Gasteiger partial charge in [0.1, 0.15) is 0 Å². The monoisotopic (exact) mass is 287 g/mol. The second kappa shape index (κ2) is 7.36. The lowest BCUT2D eigenvalue weighted by molar-refractivity contribution is 0.405. The second-order valence-corrected chi connectivity index (χ2v) is 6.36. The van der Waals surface area contributed by atoms with Gasteiger partial charge in [-0.2, -0.15) is 0 Å². The zero-order valence-corrected chi connectivity index (χ0v) is 13.2. The van der Waals surface area contributed by atoms with Gasteiger partial charge >= 0.3 is 0 Å². The lowest BCUT2D eigenvalue weighted by Crippen LogP contribution is -2.36. The normalized spacial score (nSPS) is 11.8. The third kappa shape index (κ3) is 6.08. The number of aromatic nitrogens is 2. The van der Waals surface area contributed by atoms with Crippen molar-refractivity contribution in [3.05, 3.63) is 47.7 Å². The molecular weight excluding hydrogens is 262 g/mol. The van der Waals surface area contributed by atoms with Crippen LogP contribution in [0.4, 0.5) is 0 Å². The fourth-order valence-corrected chi connectivity index (χ4v) is 2.09. The Hall–Kier alpha value is -1.68. The summed E-state index contributed by atoms with van der Waals surface area (Å²) < 4.78 is 5.69. The Morgan fingerprint density at radius 2 is 1.62 bits per heavy atom. The van der Waals surface area contributed by atoms with Crippen LogP contribution in [-0.4, -0.2) is 22.3 Å². The van der Waals surface area contributed by atoms with Crippen LogP contribution in [0.15, 0.2) is 34.7 Å². The van der Waals surface area contributed by atoms with Crippen LogP contribution in [0.5, 0.6) is 0 Å². The van der Waals surface area contributed by atoms with Gasteiger partial charge in [0.25, 0.3) is 0 Å². The summed E-state index contributed by atoms with van der Waals surface area (Å²) in [5, 5.41) is 11.7. The molecule has 0 aliphatic heterocycles. The minimum atomic E-state index is 0.162. The van der Waals surface area contributed by atoms with E-state index in [1.54, 1.807) is 0 Å². The third-order valence-corrected chi connectivity index (χ3v) is 3.20. The highest BCUT2D eigenvalue weighted by Gasteiger charge is 2.09. The number of hydrogen-bond acceptors (Lipinski definition) is 4. The van der Waals surface area contributed by atoms with Crippen LogP contribution >= 0.6 is 0 Å². The molecule has 2 aromatic rings. The average molecular weight is 287 g/mol. The molecule has 0 radical (unpaired) electrons. The maximum absolute atomic E-state index is 5.69. The molecule has 0 saturated heterocycles. The SMILES string of the molecule is CC(C)(C)NCCCc1nnc(CCc2ccccc2)o1. The smallest absolute Gasteiger partial charge is 0.216 e. The molecule has 1 aromatic carbocycles. The van der Waals surface area contributed by atoms with Gasteiger partial charge in [-0.05, 0) is 45.7 Å². The highest BCUT2D eigenvalue weighted by molar-refractivity contribution is 5.15. The average Bonchev–Trinajstić information content (AvgIpc) is 2.89. The summed E-state index contributed by atoms with van der Waals surface area (Å²) in [6.07, 6.45) is 3.59. The lowest BCUT2D eigenvalue weighted by Gasteiger charge is -2.19. The minimum Gasteiger partial charge on any atom is -0.425 e. The summed E-state index contributed by atoms with van der Waals surface area (Å²) in [5.41, 5.74) is 1.46. The Balaban J connectivity index is 1.71. The zero-order valence-electron chi connectivity index (χ0n) is 13.2. The number of hydrogen-bond donors (Lipinski definition) is 1. The molecule has 1 heterocycles. The second-order valence-electron chi connectivity index (χ2n) is 6.36. The molecule has 1 aromatic heterocycles. The number of nitrogens with one attached hydrogen (secondary N) is 1. The van der Waals surface area contributed by atoms with Crippen LogP contribution in [-0.2, 0) is 19.3 Å². The quantitative estimate of drug-likeness (QED) is 0.795. The summed E-state index contributed by atoms with van der Waals surface area (Å²) in [4.78, 5) is 0. The molecule has 0 aliphatic rings. The molecule has 0 aliphatic carbocycles. The van der Waals surface area contributed by atoms with Gasteiger partial charge in [-0.3, -0.25) is 0 Å². The molecule has 21 heavy (non-hydrogen) atoms. The molecule has 0 unspecified atom stereocenters. The van der Waals surface area contributed by atoms with Crippen molar-refractivity contribution in [3.63, 3.8) is 0 Å². The van der Waals surface area contributed by atoms with Gasteiger partial charge in [-0.25, -0.2) is 0 Å². The van der Waals surface area contributed by atoms with Gasteiger partial charge in [-0.1, -0.05) is 30.3 Å². The standard InChI is InChI=1S/C17H25N3O/c1-17(2,3)18-13-7-10-15-19-20-16(21-15)12-11-14-8-5-4-6-9-14/h4-6,8-9,18H,7,10-13H2,1-3H3. The van der Waals surface area contributed by atoms with E-state index in [0.717, 1.165) is 44.0 Å². The molecule has 1 N–H and O–H groups in total. The topological polar surface area (TPSA) is 51.0 Å². The first-order valence-corrected chi connectivity index (χ1v) is 7.63. The highest BCUT2D eigenvalue weighted by Crippen LogP contribution is 2.08. The predicted molar refractivity (Wildman–Crippen MR) is 84.2 cm³/mol. The van der Waals surface area contributed by atoms with E-state index < -0.39 is 0 Å².